The molecule has 0 aromatic rings. The molecule has 1 aliphatic rings. The van der Waals surface area contributed by atoms with Crippen LogP contribution in [0.2, 0.25) is 0 Å². The molecule has 6 heteroatoms. The number of hydrogen-bond donors (Lipinski definition) is 1. The number of allylic oxidation sites excluding steroid dienone is 6. The average Bonchev–Trinajstić information content (AvgIpc) is 2.54. The molecule has 5 nitrogen and oxygen atoms in total. The van der Waals surface area contributed by atoms with Crippen molar-refractivity contribution in [2.75, 3.05) is 0 Å². The number of ether oxygens (including phenoxy) is 1. The van der Waals surface area contributed by atoms with Crippen molar-refractivity contribution in [3.63, 3.8) is 0 Å². The lowest BCUT2D eigenvalue weighted by atomic mass is 10.2. The molecule has 1 N–H and O–H groups in total. The Bertz CT molecular complexity index is 502. The van der Waals surface area contributed by atoms with Gasteiger partial charge in [0.2, 0.25) is 0 Å². The zero-order chi connectivity index (χ0) is 13.7. The SMILES string of the molecule is C=C\C=C/C=C(C)/C=C1/OC(=S)N(C(=O)O)C1=O. The Balaban J connectivity index is 2.92. The molecule has 1 fully saturated rings. The summed E-state index contributed by atoms with van der Waals surface area (Å²) in [5, 5.41) is 8.37. The van der Waals surface area contributed by atoms with Gasteiger partial charge in [0.25, 0.3) is 5.17 Å². The molecule has 1 heterocycles. The molecule has 0 unspecified atom stereocenters. The van der Waals surface area contributed by atoms with Gasteiger partial charge in [0, 0.05) is 0 Å². The van der Waals surface area contributed by atoms with E-state index in [0.717, 1.165) is 0 Å². The van der Waals surface area contributed by atoms with Gasteiger partial charge in [-0.25, -0.2) is 4.79 Å². The number of hydrogen-bond acceptors (Lipinski definition) is 4. The summed E-state index contributed by atoms with van der Waals surface area (Å²) < 4.78 is 4.93. The first-order valence-electron chi connectivity index (χ1n) is 4.94. The number of carbonyl (C=O) groups excluding carboxylic acids is 1. The minimum absolute atomic E-state index is 0.108. The van der Waals surface area contributed by atoms with E-state index in [1.807, 2.05) is 0 Å². The van der Waals surface area contributed by atoms with Crippen molar-refractivity contribution in [2.24, 2.45) is 0 Å². The second-order valence-corrected chi connectivity index (χ2v) is 3.68. The van der Waals surface area contributed by atoms with Gasteiger partial charge < -0.3 is 9.84 Å². The molecule has 1 saturated heterocycles. The van der Waals surface area contributed by atoms with E-state index in [-0.39, 0.29) is 10.9 Å². The number of thiocarbonyl (C=S) groups is 1. The molecule has 0 spiro atoms. The Morgan fingerprint density at radius 1 is 1.50 bits per heavy atom. The highest BCUT2D eigenvalue weighted by atomic mass is 32.1. The van der Waals surface area contributed by atoms with Crippen molar-refractivity contribution in [1.29, 1.82) is 0 Å². The van der Waals surface area contributed by atoms with Crippen LogP contribution >= 0.6 is 12.2 Å². The first-order chi connectivity index (χ1) is 8.47. The van der Waals surface area contributed by atoms with Crippen LogP contribution in [-0.2, 0) is 9.53 Å². The summed E-state index contributed by atoms with van der Waals surface area (Å²) in [6, 6.07) is 0. The normalized spacial score (nSPS) is 18.6. The monoisotopic (exact) mass is 265 g/mol. The Kier molecular flexibility index (Phi) is 4.56. The minimum Gasteiger partial charge on any atom is -0.464 e. The van der Waals surface area contributed by atoms with Gasteiger partial charge in [-0.1, -0.05) is 30.9 Å². The topological polar surface area (TPSA) is 66.8 Å². The van der Waals surface area contributed by atoms with E-state index in [0.29, 0.717) is 10.5 Å². The minimum atomic E-state index is -1.46. The summed E-state index contributed by atoms with van der Waals surface area (Å²) >= 11 is 4.64. The lowest BCUT2D eigenvalue weighted by Gasteiger charge is -2.02. The van der Waals surface area contributed by atoms with Crippen LogP contribution in [0, 0.1) is 0 Å². The molecular weight excluding hydrogens is 254 g/mol. The quantitative estimate of drug-likeness (QED) is 0.482. The number of carbonyl (C=O) groups is 2. The highest BCUT2D eigenvalue weighted by Gasteiger charge is 2.38. The Labute approximate surface area is 109 Å². The standard InChI is InChI=1S/C12H11NO4S/c1-3-4-5-6-8(2)7-9-10(14)13(11(15)16)12(18)17-9/h3-7H,1H2,2H3,(H,15,16)/b5-4-,8-6+,9-7+. The molecule has 0 aromatic heterocycles. The largest absolute Gasteiger partial charge is 0.464 e. The number of amides is 2. The second-order valence-electron chi connectivity index (χ2n) is 3.33. The molecule has 1 rings (SSSR count). The molecule has 94 valence electrons. The van der Waals surface area contributed by atoms with Gasteiger partial charge in [-0.3, -0.25) is 4.79 Å². The number of nitrogens with zero attached hydrogens (tertiary/aromatic N) is 1. The van der Waals surface area contributed by atoms with Crippen molar-refractivity contribution in [1.82, 2.24) is 4.90 Å². The zero-order valence-corrected chi connectivity index (χ0v) is 10.4. The lowest BCUT2D eigenvalue weighted by molar-refractivity contribution is -0.121. The van der Waals surface area contributed by atoms with Crippen LogP contribution in [0.25, 0.3) is 0 Å². The molecule has 0 atom stereocenters. The van der Waals surface area contributed by atoms with Crippen molar-refractivity contribution in [2.45, 2.75) is 6.92 Å². The Morgan fingerprint density at radius 2 is 2.17 bits per heavy atom. The van der Waals surface area contributed by atoms with Crippen molar-refractivity contribution in [3.8, 4) is 0 Å². The number of rotatable bonds is 3. The van der Waals surface area contributed by atoms with E-state index in [9.17, 15) is 9.59 Å². The highest BCUT2D eigenvalue weighted by molar-refractivity contribution is 7.80. The van der Waals surface area contributed by atoms with E-state index < -0.39 is 12.0 Å². The lowest BCUT2D eigenvalue weighted by Crippen LogP contribution is -2.33. The maximum atomic E-state index is 11.6. The summed E-state index contributed by atoms with van der Waals surface area (Å²) in [5.41, 5.74) is 0.714. The van der Waals surface area contributed by atoms with Crippen LogP contribution < -0.4 is 0 Å². The molecule has 0 aromatic carbocycles. The molecule has 0 saturated carbocycles. The van der Waals surface area contributed by atoms with Crippen LogP contribution in [-0.4, -0.2) is 27.2 Å². The maximum absolute atomic E-state index is 11.6. The first kappa shape index (κ1) is 13.9. The fourth-order valence-electron chi connectivity index (χ4n) is 1.17. The number of carboxylic acid groups (broad SMARTS) is 1. The summed E-state index contributed by atoms with van der Waals surface area (Å²) in [5.74, 6) is -0.892. The van der Waals surface area contributed by atoms with E-state index in [4.69, 9.17) is 9.84 Å². The molecular formula is C12H11NO4S. The summed E-state index contributed by atoms with van der Waals surface area (Å²) in [6.45, 7) is 5.25. The summed E-state index contributed by atoms with van der Waals surface area (Å²) in [4.78, 5) is 22.7. The van der Waals surface area contributed by atoms with E-state index in [2.05, 4.69) is 18.8 Å². The van der Waals surface area contributed by atoms with Crippen LogP contribution in [0.5, 0.6) is 0 Å². The predicted octanol–water partition coefficient (Wildman–Crippen LogP) is 2.38. The van der Waals surface area contributed by atoms with Gasteiger partial charge in [0.15, 0.2) is 5.76 Å². The second kappa shape index (κ2) is 5.92. The van der Waals surface area contributed by atoms with Gasteiger partial charge in [-0.15, -0.1) is 0 Å². The third kappa shape index (κ3) is 3.14. The van der Waals surface area contributed by atoms with Gasteiger partial charge >= 0.3 is 12.0 Å². The molecule has 0 bridgehead atoms. The Morgan fingerprint density at radius 3 is 2.67 bits per heavy atom. The third-order valence-electron chi connectivity index (χ3n) is 1.95. The smallest absolute Gasteiger partial charge is 0.422 e. The molecule has 0 radical (unpaired) electrons. The van der Waals surface area contributed by atoms with E-state index in [1.54, 1.807) is 31.2 Å². The average molecular weight is 265 g/mol. The van der Waals surface area contributed by atoms with Crippen LogP contribution in [0.15, 0.2) is 48.3 Å². The Hall–Kier alpha value is -2.21. The fraction of sp³-hybridized carbons (Fsp3) is 0.0833. The van der Waals surface area contributed by atoms with Crippen molar-refractivity contribution in [3.05, 3.63) is 48.3 Å². The molecule has 2 amide bonds. The van der Waals surface area contributed by atoms with Gasteiger partial charge in [0.05, 0.1) is 0 Å². The van der Waals surface area contributed by atoms with Crippen molar-refractivity contribution >= 4 is 29.4 Å². The van der Waals surface area contributed by atoms with E-state index >= 15 is 0 Å². The van der Waals surface area contributed by atoms with Crippen molar-refractivity contribution < 1.29 is 19.4 Å². The van der Waals surface area contributed by atoms with Crippen LogP contribution in [0.4, 0.5) is 4.79 Å². The maximum Gasteiger partial charge on any atom is 0.422 e. The van der Waals surface area contributed by atoms with Gasteiger partial charge in [-0.05, 0) is 30.8 Å². The molecule has 1 aliphatic heterocycles. The third-order valence-corrected chi connectivity index (χ3v) is 2.22. The van der Waals surface area contributed by atoms with Crippen LogP contribution in [0.1, 0.15) is 6.92 Å². The summed E-state index contributed by atoms with van der Waals surface area (Å²) in [6.07, 6.45) is 6.74. The molecule has 0 aliphatic carbocycles. The first-order valence-corrected chi connectivity index (χ1v) is 5.35. The van der Waals surface area contributed by atoms with Gasteiger partial charge in [-0.2, -0.15) is 4.90 Å². The summed E-state index contributed by atoms with van der Waals surface area (Å²) in [7, 11) is 0. The zero-order valence-electron chi connectivity index (χ0n) is 9.62. The fourth-order valence-corrected chi connectivity index (χ4v) is 1.42. The number of imide groups is 1. The van der Waals surface area contributed by atoms with Crippen LogP contribution in [0.3, 0.4) is 0 Å². The predicted molar refractivity (Wildman–Crippen MR) is 69.7 cm³/mol. The van der Waals surface area contributed by atoms with Gasteiger partial charge in [0.1, 0.15) is 0 Å². The molecule has 18 heavy (non-hydrogen) atoms. The highest BCUT2D eigenvalue weighted by Crippen LogP contribution is 2.18. The van der Waals surface area contributed by atoms with E-state index in [1.165, 1.54) is 6.08 Å².